The molecule has 3 heteroatoms. The van der Waals surface area contributed by atoms with Gasteiger partial charge in [0, 0.05) is 24.6 Å². The predicted octanol–water partition coefficient (Wildman–Crippen LogP) is 3.52. The first-order chi connectivity index (χ1) is 10.4. The zero-order valence-corrected chi connectivity index (χ0v) is 13.4. The van der Waals surface area contributed by atoms with Crippen molar-refractivity contribution in [2.24, 2.45) is 5.41 Å². The minimum absolute atomic E-state index is 0.0334. The largest absolute Gasteiger partial charge is 0.388 e. The summed E-state index contributed by atoms with van der Waals surface area (Å²) < 4.78 is 0. The van der Waals surface area contributed by atoms with Crippen LogP contribution in [0, 0.1) is 5.41 Å². The van der Waals surface area contributed by atoms with Gasteiger partial charge >= 0.3 is 0 Å². The fourth-order valence-electron chi connectivity index (χ4n) is 2.66. The van der Waals surface area contributed by atoms with Gasteiger partial charge < -0.3 is 10.0 Å². The zero-order chi connectivity index (χ0) is 16.2. The van der Waals surface area contributed by atoms with Gasteiger partial charge in [0.2, 0.25) is 0 Å². The first kappa shape index (κ1) is 16.2. The van der Waals surface area contributed by atoms with E-state index in [4.69, 9.17) is 0 Å². The summed E-state index contributed by atoms with van der Waals surface area (Å²) in [7, 11) is 1.77. The molecule has 0 unspecified atom stereocenters. The number of rotatable bonds is 5. The number of carbonyl (C=O) groups excluding carboxylic acids is 1. The van der Waals surface area contributed by atoms with E-state index in [1.54, 1.807) is 24.1 Å². The number of carbonyl (C=O) groups is 1. The Hall–Kier alpha value is -2.13. The summed E-state index contributed by atoms with van der Waals surface area (Å²) in [4.78, 5) is 14.1. The highest BCUT2D eigenvalue weighted by Gasteiger charge is 2.31. The number of amides is 1. The molecule has 22 heavy (non-hydrogen) atoms. The van der Waals surface area contributed by atoms with Gasteiger partial charge in [0.1, 0.15) is 0 Å². The molecule has 0 aromatic heterocycles. The number of hydrogen-bond acceptors (Lipinski definition) is 2. The van der Waals surface area contributed by atoms with Gasteiger partial charge in [0.15, 0.2) is 0 Å². The molecular weight excluding hydrogens is 274 g/mol. The molecule has 0 heterocycles. The molecule has 0 radical (unpaired) electrons. The molecule has 3 nitrogen and oxygen atoms in total. The zero-order valence-electron chi connectivity index (χ0n) is 13.4. The molecular formula is C19H23NO2. The van der Waals surface area contributed by atoms with E-state index in [2.05, 4.69) is 0 Å². The van der Waals surface area contributed by atoms with Crippen molar-refractivity contribution in [2.45, 2.75) is 20.0 Å². The van der Waals surface area contributed by atoms with Crippen molar-refractivity contribution in [3.63, 3.8) is 0 Å². The molecule has 0 aliphatic rings. The summed E-state index contributed by atoms with van der Waals surface area (Å²) in [6.45, 7) is 4.41. The predicted molar refractivity (Wildman–Crippen MR) is 88.6 cm³/mol. The standard InChI is InChI=1S/C19H23NO2/c1-19(2,17(21)15-10-6-4-7-11-15)14-20(3)18(22)16-12-8-5-9-13-16/h4-13,17,21H,14H2,1-3H3/t17-/m0/s1. The molecule has 2 aromatic rings. The molecule has 0 aliphatic heterocycles. The van der Waals surface area contributed by atoms with Crippen LogP contribution in [0.4, 0.5) is 0 Å². The van der Waals surface area contributed by atoms with Crippen LogP contribution in [-0.4, -0.2) is 29.5 Å². The third-order valence-electron chi connectivity index (χ3n) is 3.87. The lowest BCUT2D eigenvalue weighted by Gasteiger charge is -2.34. The average Bonchev–Trinajstić information content (AvgIpc) is 2.54. The Morgan fingerprint density at radius 3 is 2.09 bits per heavy atom. The Morgan fingerprint density at radius 2 is 1.55 bits per heavy atom. The summed E-state index contributed by atoms with van der Waals surface area (Å²) >= 11 is 0. The normalized spacial score (nSPS) is 12.7. The molecule has 0 saturated heterocycles. The lowest BCUT2D eigenvalue weighted by atomic mass is 9.82. The molecule has 2 aromatic carbocycles. The van der Waals surface area contributed by atoms with Crippen LogP contribution in [0.1, 0.15) is 35.9 Å². The van der Waals surface area contributed by atoms with E-state index in [0.717, 1.165) is 5.56 Å². The molecule has 0 bridgehead atoms. The van der Waals surface area contributed by atoms with Crippen molar-refractivity contribution in [2.75, 3.05) is 13.6 Å². The van der Waals surface area contributed by atoms with Gasteiger partial charge in [0.05, 0.1) is 6.10 Å². The second-order valence-electron chi connectivity index (χ2n) is 6.33. The third-order valence-corrected chi connectivity index (χ3v) is 3.87. The number of nitrogens with zero attached hydrogens (tertiary/aromatic N) is 1. The van der Waals surface area contributed by atoms with Crippen molar-refractivity contribution in [1.82, 2.24) is 4.90 Å². The molecule has 0 saturated carbocycles. The quantitative estimate of drug-likeness (QED) is 0.917. The maximum atomic E-state index is 12.4. The second kappa shape index (κ2) is 6.75. The maximum Gasteiger partial charge on any atom is 0.253 e. The van der Waals surface area contributed by atoms with Crippen LogP contribution in [0.3, 0.4) is 0 Å². The second-order valence-corrected chi connectivity index (χ2v) is 6.33. The summed E-state index contributed by atoms with van der Waals surface area (Å²) in [6, 6.07) is 18.8. The van der Waals surface area contributed by atoms with Crippen LogP contribution in [0.15, 0.2) is 60.7 Å². The Morgan fingerprint density at radius 1 is 1.05 bits per heavy atom. The number of aliphatic hydroxyl groups excluding tert-OH is 1. The molecule has 1 N–H and O–H groups in total. The SMILES string of the molecule is CN(CC(C)(C)[C@@H](O)c1ccccc1)C(=O)c1ccccc1. The lowest BCUT2D eigenvalue weighted by molar-refractivity contribution is 0.0243. The van der Waals surface area contributed by atoms with Crippen LogP contribution in [0.5, 0.6) is 0 Å². The number of aliphatic hydroxyl groups is 1. The summed E-state index contributed by atoms with van der Waals surface area (Å²) in [6.07, 6.45) is -0.625. The Kier molecular flexibility index (Phi) is 4.99. The molecule has 0 fully saturated rings. The highest BCUT2D eigenvalue weighted by molar-refractivity contribution is 5.94. The van der Waals surface area contributed by atoms with Crippen molar-refractivity contribution >= 4 is 5.91 Å². The van der Waals surface area contributed by atoms with Gasteiger partial charge in [0.25, 0.3) is 5.91 Å². The van der Waals surface area contributed by atoms with Crippen LogP contribution >= 0.6 is 0 Å². The first-order valence-electron chi connectivity index (χ1n) is 7.45. The van der Waals surface area contributed by atoms with E-state index in [0.29, 0.717) is 12.1 Å². The van der Waals surface area contributed by atoms with Gasteiger partial charge in [-0.15, -0.1) is 0 Å². The first-order valence-corrected chi connectivity index (χ1v) is 7.45. The highest BCUT2D eigenvalue weighted by Crippen LogP contribution is 2.34. The third kappa shape index (κ3) is 3.74. The van der Waals surface area contributed by atoms with E-state index in [9.17, 15) is 9.90 Å². The average molecular weight is 297 g/mol. The monoisotopic (exact) mass is 297 g/mol. The highest BCUT2D eigenvalue weighted by atomic mass is 16.3. The van der Waals surface area contributed by atoms with Gasteiger partial charge in [-0.1, -0.05) is 62.4 Å². The molecule has 1 amide bonds. The summed E-state index contributed by atoms with van der Waals surface area (Å²) in [5.41, 5.74) is 1.09. The molecule has 2 rings (SSSR count). The smallest absolute Gasteiger partial charge is 0.253 e. The van der Waals surface area contributed by atoms with E-state index in [-0.39, 0.29) is 5.91 Å². The maximum absolute atomic E-state index is 12.4. The van der Waals surface area contributed by atoms with Gasteiger partial charge in [-0.25, -0.2) is 0 Å². The van der Waals surface area contributed by atoms with Gasteiger partial charge in [-0.3, -0.25) is 4.79 Å². The Bertz CT molecular complexity index is 608. The van der Waals surface area contributed by atoms with E-state index < -0.39 is 11.5 Å². The fraction of sp³-hybridized carbons (Fsp3) is 0.316. The van der Waals surface area contributed by atoms with Crippen molar-refractivity contribution in [1.29, 1.82) is 0 Å². The summed E-state index contributed by atoms with van der Waals surface area (Å²) in [5, 5.41) is 10.6. The van der Waals surface area contributed by atoms with Crippen LogP contribution in [-0.2, 0) is 0 Å². The molecule has 0 spiro atoms. The number of hydrogen-bond donors (Lipinski definition) is 1. The van der Waals surface area contributed by atoms with E-state index in [1.807, 2.05) is 62.4 Å². The van der Waals surface area contributed by atoms with Crippen LogP contribution in [0.2, 0.25) is 0 Å². The van der Waals surface area contributed by atoms with Crippen molar-refractivity contribution in [3.8, 4) is 0 Å². The van der Waals surface area contributed by atoms with E-state index in [1.165, 1.54) is 0 Å². The summed E-state index contributed by atoms with van der Waals surface area (Å²) in [5.74, 6) is -0.0334. The Labute approximate surface area is 132 Å². The molecule has 116 valence electrons. The van der Waals surface area contributed by atoms with Gasteiger partial charge in [-0.2, -0.15) is 0 Å². The minimum atomic E-state index is -0.625. The molecule has 0 aliphatic carbocycles. The minimum Gasteiger partial charge on any atom is -0.388 e. The Balaban J connectivity index is 2.09. The number of benzene rings is 2. The van der Waals surface area contributed by atoms with E-state index >= 15 is 0 Å². The fourth-order valence-corrected chi connectivity index (χ4v) is 2.66. The van der Waals surface area contributed by atoms with Crippen molar-refractivity contribution < 1.29 is 9.90 Å². The van der Waals surface area contributed by atoms with Crippen LogP contribution in [0.25, 0.3) is 0 Å². The topological polar surface area (TPSA) is 40.5 Å². The van der Waals surface area contributed by atoms with Crippen LogP contribution < -0.4 is 0 Å². The molecule has 1 atom stereocenters. The van der Waals surface area contributed by atoms with Gasteiger partial charge in [-0.05, 0) is 17.7 Å². The lowest BCUT2D eigenvalue weighted by Crippen LogP contribution is -2.39. The van der Waals surface area contributed by atoms with Crippen molar-refractivity contribution in [3.05, 3.63) is 71.8 Å².